The summed E-state index contributed by atoms with van der Waals surface area (Å²) in [6, 6.07) is 0.647. The maximum atomic E-state index is 5.85. The molecule has 120 valence electrons. The molecule has 0 bridgehead atoms. The van der Waals surface area contributed by atoms with Crippen molar-refractivity contribution in [2.45, 2.75) is 33.7 Å². The van der Waals surface area contributed by atoms with E-state index in [-0.39, 0.29) is 0 Å². The van der Waals surface area contributed by atoms with Crippen LogP contribution in [0.25, 0.3) is 0 Å². The summed E-state index contributed by atoms with van der Waals surface area (Å²) in [7, 11) is 2.22. The fourth-order valence-electron chi connectivity index (χ4n) is 2.95. The first kappa shape index (κ1) is 17.9. The van der Waals surface area contributed by atoms with E-state index in [4.69, 9.17) is 5.73 Å². The van der Waals surface area contributed by atoms with Crippen LogP contribution in [0.1, 0.15) is 27.7 Å². The predicted molar refractivity (Wildman–Crippen MR) is 87.9 cm³/mol. The molecule has 0 spiro atoms. The van der Waals surface area contributed by atoms with Gasteiger partial charge in [-0.1, -0.05) is 27.7 Å². The molecule has 0 aromatic rings. The highest BCUT2D eigenvalue weighted by Crippen LogP contribution is 2.13. The molecular weight excluding hydrogens is 248 g/mol. The second kappa shape index (κ2) is 8.98. The molecule has 0 aromatic carbocycles. The van der Waals surface area contributed by atoms with Crippen molar-refractivity contribution in [3.8, 4) is 0 Å². The van der Waals surface area contributed by atoms with Crippen molar-refractivity contribution in [1.82, 2.24) is 15.1 Å². The van der Waals surface area contributed by atoms with E-state index in [1.165, 1.54) is 26.2 Å². The van der Waals surface area contributed by atoms with Crippen molar-refractivity contribution in [2.75, 3.05) is 52.9 Å². The minimum absolute atomic E-state index is 0.593. The molecule has 20 heavy (non-hydrogen) atoms. The lowest BCUT2D eigenvalue weighted by molar-refractivity contribution is 0.0868. The molecule has 2 atom stereocenters. The van der Waals surface area contributed by atoms with Crippen LogP contribution in [0.5, 0.6) is 0 Å². The highest BCUT2D eigenvalue weighted by atomic mass is 15.3. The Morgan fingerprint density at radius 2 is 1.55 bits per heavy atom. The molecule has 4 nitrogen and oxygen atoms in total. The topological polar surface area (TPSA) is 44.5 Å². The summed E-state index contributed by atoms with van der Waals surface area (Å²) >= 11 is 0. The Labute approximate surface area is 126 Å². The molecule has 0 aliphatic carbocycles. The minimum atomic E-state index is 0.593. The van der Waals surface area contributed by atoms with Crippen LogP contribution < -0.4 is 11.1 Å². The number of hydrogen-bond acceptors (Lipinski definition) is 4. The molecule has 4 heteroatoms. The van der Waals surface area contributed by atoms with Crippen molar-refractivity contribution in [3.63, 3.8) is 0 Å². The van der Waals surface area contributed by atoms with Gasteiger partial charge in [0.1, 0.15) is 0 Å². The Kier molecular flexibility index (Phi) is 8.03. The van der Waals surface area contributed by atoms with Gasteiger partial charge in [-0.3, -0.25) is 4.90 Å². The summed E-state index contributed by atoms with van der Waals surface area (Å²) in [6.45, 7) is 16.9. The van der Waals surface area contributed by atoms with E-state index >= 15 is 0 Å². The Balaban J connectivity index is 2.39. The first-order valence-electron chi connectivity index (χ1n) is 8.29. The maximum absolute atomic E-state index is 5.85. The molecule has 0 radical (unpaired) electrons. The lowest BCUT2D eigenvalue weighted by Gasteiger charge is -2.40. The van der Waals surface area contributed by atoms with Gasteiger partial charge in [0.15, 0.2) is 0 Å². The van der Waals surface area contributed by atoms with Gasteiger partial charge in [-0.05, 0) is 37.9 Å². The molecular formula is C16H36N4. The number of likely N-dealkylation sites (N-methyl/N-ethyl adjacent to an activating group) is 1. The van der Waals surface area contributed by atoms with Crippen LogP contribution in [0.2, 0.25) is 0 Å². The van der Waals surface area contributed by atoms with E-state index in [2.05, 4.69) is 49.9 Å². The quantitative estimate of drug-likeness (QED) is 0.700. The average molecular weight is 284 g/mol. The molecule has 3 N–H and O–H groups in total. The number of hydrogen-bond donors (Lipinski definition) is 2. The molecule has 1 aliphatic heterocycles. The zero-order valence-corrected chi connectivity index (χ0v) is 14.2. The molecule has 2 unspecified atom stereocenters. The summed E-state index contributed by atoms with van der Waals surface area (Å²) in [5, 5.41) is 3.67. The second-order valence-electron chi connectivity index (χ2n) is 7.05. The van der Waals surface area contributed by atoms with Crippen molar-refractivity contribution in [3.05, 3.63) is 0 Å². The minimum Gasteiger partial charge on any atom is -0.330 e. The van der Waals surface area contributed by atoms with Crippen LogP contribution in [-0.4, -0.2) is 68.7 Å². The van der Waals surface area contributed by atoms with E-state index < -0.39 is 0 Å². The number of rotatable bonds is 8. The van der Waals surface area contributed by atoms with Gasteiger partial charge in [0.25, 0.3) is 0 Å². The number of piperazine rings is 1. The zero-order valence-electron chi connectivity index (χ0n) is 14.2. The molecule has 0 saturated carbocycles. The second-order valence-corrected chi connectivity index (χ2v) is 7.05. The SMILES string of the molecule is CC(C)C(CN)CNCC(C(C)C)N1CCN(C)CC1. The van der Waals surface area contributed by atoms with Crippen molar-refractivity contribution in [1.29, 1.82) is 0 Å². The van der Waals surface area contributed by atoms with Gasteiger partial charge in [-0.2, -0.15) is 0 Å². The molecule has 1 saturated heterocycles. The molecule has 0 amide bonds. The average Bonchev–Trinajstić information content (AvgIpc) is 2.39. The molecule has 1 fully saturated rings. The van der Waals surface area contributed by atoms with E-state index in [0.29, 0.717) is 23.8 Å². The van der Waals surface area contributed by atoms with Gasteiger partial charge < -0.3 is 16.0 Å². The monoisotopic (exact) mass is 284 g/mol. The highest BCUT2D eigenvalue weighted by Gasteiger charge is 2.24. The van der Waals surface area contributed by atoms with Crippen molar-refractivity contribution >= 4 is 0 Å². The summed E-state index contributed by atoms with van der Waals surface area (Å²) in [5.41, 5.74) is 5.85. The van der Waals surface area contributed by atoms with Crippen LogP contribution in [0.3, 0.4) is 0 Å². The van der Waals surface area contributed by atoms with E-state index in [1.807, 2.05) is 0 Å². The fourth-order valence-corrected chi connectivity index (χ4v) is 2.95. The third kappa shape index (κ3) is 5.68. The zero-order chi connectivity index (χ0) is 15.1. The van der Waals surface area contributed by atoms with Crippen LogP contribution in [0, 0.1) is 17.8 Å². The van der Waals surface area contributed by atoms with Gasteiger partial charge >= 0.3 is 0 Å². The van der Waals surface area contributed by atoms with E-state index in [9.17, 15) is 0 Å². The van der Waals surface area contributed by atoms with E-state index in [0.717, 1.165) is 19.6 Å². The maximum Gasteiger partial charge on any atom is 0.0244 e. The smallest absolute Gasteiger partial charge is 0.0244 e. The van der Waals surface area contributed by atoms with Crippen molar-refractivity contribution in [2.24, 2.45) is 23.5 Å². The lowest BCUT2D eigenvalue weighted by atomic mass is 9.95. The van der Waals surface area contributed by atoms with Gasteiger partial charge in [0, 0.05) is 38.8 Å². The molecule has 0 aromatic heterocycles. The number of nitrogens with zero attached hydrogens (tertiary/aromatic N) is 2. The molecule has 1 heterocycles. The standard InChI is InChI=1S/C16H36N4/c1-13(2)15(10-17)11-18-12-16(14(3)4)20-8-6-19(5)7-9-20/h13-16,18H,6-12,17H2,1-5H3. The highest BCUT2D eigenvalue weighted by molar-refractivity contribution is 4.82. The molecule has 1 rings (SSSR count). The summed E-state index contributed by atoms with van der Waals surface area (Å²) in [4.78, 5) is 5.08. The van der Waals surface area contributed by atoms with Crippen LogP contribution in [-0.2, 0) is 0 Å². The Morgan fingerprint density at radius 1 is 0.950 bits per heavy atom. The van der Waals surface area contributed by atoms with Gasteiger partial charge in [-0.15, -0.1) is 0 Å². The largest absolute Gasteiger partial charge is 0.330 e. The predicted octanol–water partition coefficient (Wildman–Crippen LogP) is 1.08. The first-order chi connectivity index (χ1) is 9.45. The van der Waals surface area contributed by atoms with Gasteiger partial charge in [0.05, 0.1) is 0 Å². The van der Waals surface area contributed by atoms with Crippen LogP contribution in [0.15, 0.2) is 0 Å². The van der Waals surface area contributed by atoms with E-state index in [1.54, 1.807) is 0 Å². The lowest BCUT2D eigenvalue weighted by Crippen LogP contribution is -2.54. The Morgan fingerprint density at radius 3 is 2.00 bits per heavy atom. The van der Waals surface area contributed by atoms with Gasteiger partial charge in [0.2, 0.25) is 0 Å². The summed E-state index contributed by atoms with van der Waals surface area (Å²) in [5.74, 6) is 1.95. The molecule has 1 aliphatic rings. The third-order valence-corrected chi connectivity index (χ3v) is 4.78. The number of nitrogens with two attached hydrogens (primary N) is 1. The summed E-state index contributed by atoms with van der Waals surface area (Å²) in [6.07, 6.45) is 0. The summed E-state index contributed by atoms with van der Waals surface area (Å²) < 4.78 is 0. The van der Waals surface area contributed by atoms with Crippen molar-refractivity contribution < 1.29 is 0 Å². The Hall–Kier alpha value is -0.160. The van der Waals surface area contributed by atoms with Crippen LogP contribution in [0.4, 0.5) is 0 Å². The first-order valence-corrected chi connectivity index (χ1v) is 8.29. The fraction of sp³-hybridized carbons (Fsp3) is 1.00. The van der Waals surface area contributed by atoms with Crippen LogP contribution >= 0.6 is 0 Å². The Bertz CT molecular complexity index is 247. The normalized spacial score (nSPS) is 21.6. The number of nitrogens with one attached hydrogen (secondary N) is 1. The van der Waals surface area contributed by atoms with Gasteiger partial charge in [-0.25, -0.2) is 0 Å². The third-order valence-electron chi connectivity index (χ3n) is 4.78.